The van der Waals surface area contributed by atoms with Crippen LogP contribution in [-0.2, 0) is 20.2 Å². The lowest BCUT2D eigenvalue weighted by Crippen LogP contribution is -2.02. The van der Waals surface area contributed by atoms with Gasteiger partial charge in [0.25, 0.3) is 0 Å². The van der Waals surface area contributed by atoms with E-state index >= 15 is 0 Å². The van der Waals surface area contributed by atoms with Gasteiger partial charge in [-0.15, -0.1) is 10.2 Å². The molecule has 7 heteroatoms. The number of nitrogens with zero attached hydrogens (tertiary/aromatic N) is 4. The van der Waals surface area contributed by atoms with Crippen LogP contribution in [0.15, 0.2) is 18.2 Å². The van der Waals surface area contributed by atoms with Gasteiger partial charge in [0.15, 0.2) is 18.1 Å². The largest absolute Gasteiger partial charge is 0.493 e. The minimum Gasteiger partial charge on any atom is -0.493 e. The molecule has 0 radical (unpaired) electrons. The van der Waals surface area contributed by atoms with Crippen molar-refractivity contribution in [3.05, 3.63) is 29.6 Å². The fraction of sp³-hybridized carbons (Fsp3) is 0.364. The van der Waals surface area contributed by atoms with Crippen molar-refractivity contribution >= 4 is 0 Å². The van der Waals surface area contributed by atoms with Crippen molar-refractivity contribution in [3.63, 3.8) is 0 Å². The van der Waals surface area contributed by atoms with Crippen LogP contribution in [0.4, 0.5) is 0 Å². The summed E-state index contributed by atoms with van der Waals surface area (Å²) in [5, 5.41) is 11.6. The quantitative estimate of drug-likeness (QED) is 0.817. The Labute approximate surface area is 104 Å². The lowest BCUT2D eigenvalue weighted by atomic mass is 10.2. The van der Waals surface area contributed by atoms with Crippen LogP contribution in [-0.4, -0.2) is 27.3 Å². The smallest absolute Gasteiger partial charge is 0.212 e. The van der Waals surface area contributed by atoms with Gasteiger partial charge in [-0.05, 0) is 22.9 Å². The normalized spacial score (nSPS) is 10.4. The maximum absolute atomic E-state index is 5.61. The molecular formula is C11H15N5O2. The number of aryl methyl sites for hydroxylation is 1. The molecule has 0 amide bonds. The zero-order chi connectivity index (χ0) is 13.0. The van der Waals surface area contributed by atoms with Gasteiger partial charge in [-0.3, -0.25) is 0 Å². The maximum Gasteiger partial charge on any atom is 0.212 e. The summed E-state index contributed by atoms with van der Waals surface area (Å²) in [5.41, 5.74) is 6.56. The topological polar surface area (TPSA) is 88.1 Å². The number of methoxy groups -OCH3 is 1. The Hall–Kier alpha value is -2.15. The highest BCUT2D eigenvalue weighted by atomic mass is 16.5. The summed E-state index contributed by atoms with van der Waals surface area (Å²) < 4.78 is 10.8. The molecule has 96 valence electrons. The van der Waals surface area contributed by atoms with Crippen molar-refractivity contribution in [2.24, 2.45) is 12.8 Å². The summed E-state index contributed by atoms with van der Waals surface area (Å²) in [6.45, 7) is 0.683. The summed E-state index contributed by atoms with van der Waals surface area (Å²) in [6, 6.07) is 5.56. The third-order valence-corrected chi connectivity index (χ3v) is 2.37. The van der Waals surface area contributed by atoms with E-state index in [1.165, 1.54) is 4.80 Å². The minimum atomic E-state index is 0.234. The fourth-order valence-corrected chi connectivity index (χ4v) is 1.48. The number of nitrogens with two attached hydrogens (primary N) is 1. The molecule has 0 aliphatic carbocycles. The number of aromatic nitrogens is 4. The predicted molar refractivity (Wildman–Crippen MR) is 64.0 cm³/mol. The van der Waals surface area contributed by atoms with Crippen LogP contribution >= 0.6 is 0 Å². The van der Waals surface area contributed by atoms with E-state index in [-0.39, 0.29) is 6.61 Å². The van der Waals surface area contributed by atoms with Crippen LogP contribution in [0.1, 0.15) is 11.4 Å². The fourth-order valence-electron chi connectivity index (χ4n) is 1.48. The molecule has 18 heavy (non-hydrogen) atoms. The zero-order valence-electron chi connectivity index (χ0n) is 10.3. The van der Waals surface area contributed by atoms with Gasteiger partial charge in [0.2, 0.25) is 5.82 Å². The Morgan fingerprint density at radius 2 is 2.17 bits per heavy atom. The molecule has 0 unspecified atom stereocenters. The average molecular weight is 249 g/mol. The number of benzene rings is 1. The molecule has 7 nitrogen and oxygen atoms in total. The van der Waals surface area contributed by atoms with Crippen LogP contribution < -0.4 is 15.2 Å². The molecule has 1 aromatic carbocycles. The standard InChI is InChI=1S/C11H15N5O2/c1-16-14-11(13-15-16)7-18-10-5-8(6-12)3-4-9(10)17-2/h3-5H,6-7,12H2,1-2H3. The molecule has 0 saturated carbocycles. The highest BCUT2D eigenvalue weighted by Gasteiger charge is 2.07. The first-order valence-electron chi connectivity index (χ1n) is 5.45. The lowest BCUT2D eigenvalue weighted by Gasteiger charge is -2.10. The van der Waals surface area contributed by atoms with E-state index in [1.54, 1.807) is 14.2 Å². The van der Waals surface area contributed by atoms with Crippen LogP contribution in [0.25, 0.3) is 0 Å². The average Bonchev–Trinajstić information content (AvgIpc) is 2.81. The molecule has 0 saturated heterocycles. The summed E-state index contributed by atoms with van der Waals surface area (Å²) in [5.74, 6) is 1.78. The molecule has 1 aromatic heterocycles. The third kappa shape index (κ3) is 2.75. The molecule has 2 aromatic rings. The first kappa shape index (κ1) is 12.3. The molecule has 1 heterocycles. The predicted octanol–water partition coefficient (Wildman–Crippen LogP) is 0.256. The van der Waals surface area contributed by atoms with Gasteiger partial charge in [0, 0.05) is 6.54 Å². The van der Waals surface area contributed by atoms with E-state index in [4.69, 9.17) is 15.2 Å². The molecule has 0 fully saturated rings. The number of ether oxygens (including phenoxy) is 2. The van der Waals surface area contributed by atoms with Crippen molar-refractivity contribution in [1.82, 2.24) is 20.2 Å². The second-order valence-electron chi connectivity index (χ2n) is 3.67. The van der Waals surface area contributed by atoms with Gasteiger partial charge in [0.1, 0.15) is 0 Å². The molecule has 2 N–H and O–H groups in total. The van der Waals surface area contributed by atoms with Crippen molar-refractivity contribution in [2.75, 3.05) is 7.11 Å². The first-order valence-corrected chi connectivity index (χ1v) is 5.45. The maximum atomic E-state index is 5.61. The molecule has 0 aliphatic heterocycles. The number of rotatable bonds is 5. The summed E-state index contributed by atoms with van der Waals surface area (Å²) in [7, 11) is 3.29. The Morgan fingerprint density at radius 1 is 1.33 bits per heavy atom. The van der Waals surface area contributed by atoms with Gasteiger partial charge in [0.05, 0.1) is 14.2 Å². The summed E-state index contributed by atoms with van der Waals surface area (Å²) in [6.07, 6.45) is 0. The molecule has 0 atom stereocenters. The molecule has 0 aliphatic rings. The van der Waals surface area contributed by atoms with Gasteiger partial charge in [-0.25, -0.2) is 0 Å². The van der Waals surface area contributed by atoms with E-state index in [0.717, 1.165) is 5.56 Å². The van der Waals surface area contributed by atoms with Crippen LogP contribution in [0.5, 0.6) is 11.5 Å². The second-order valence-corrected chi connectivity index (χ2v) is 3.67. The van der Waals surface area contributed by atoms with E-state index in [2.05, 4.69) is 15.4 Å². The van der Waals surface area contributed by atoms with Crippen LogP contribution in [0, 0.1) is 0 Å². The first-order chi connectivity index (χ1) is 8.72. The second kappa shape index (κ2) is 5.46. The summed E-state index contributed by atoms with van der Waals surface area (Å²) in [4.78, 5) is 1.38. The van der Waals surface area contributed by atoms with Gasteiger partial charge in [-0.1, -0.05) is 6.07 Å². The highest BCUT2D eigenvalue weighted by Crippen LogP contribution is 2.28. The van der Waals surface area contributed by atoms with Crippen LogP contribution in [0.2, 0.25) is 0 Å². The Morgan fingerprint density at radius 3 is 2.78 bits per heavy atom. The van der Waals surface area contributed by atoms with Gasteiger partial charge >= 0.3 is 0 Å². The van der Waals surface area contributed by atoms with Crippen molar-refractivity contribution in [1.29, 1.82) is 0 Å². The molecular weight excluding hydrogens is 234 g/mol. The van der Waals surface area contributed by atoms with Crippen molar-refractivity contribution in [3.8, 4) is 11.5 Å². The van der Waals surface area contributed by atoms with E-state index in [9.17, 15) is 0 Å². The monoisotopic (exact) mass is 249 g/mol. The number of hydrogen-bond donors (Lipinski definition) is 1. The minimum absolute atomic E-state index is 0.234. The van der Waals surface area contributed by atoms with E-state index in [0.29, 0.717) is 23.9 Å². The van der Waals surface area contributed by atoms with E-state index in [1.807, 2.05) is 18.2 Å². The zero-order valence-corrected chi connectivity index (χ0v) is 10.3. The molecule has 2 rings (SSSR count). The third-order valence-electron chi connectivity index (χ3n) is 2.37. The Balaban J connectivity index is 2.11. The molecule has 0 spiro atoms. The van der Waals surface area contributed by atoms with E-state index < -0.39 is 0 Å². The number of tetrazole rings is 1. The Kier molecular flexibility index (Phi) is 3.73. The van der Waals surface area contributed by atoms with Crippen molar-refractivity contribution < 1.29 is 9.47 Å². The van der Waals surface area contributed by atoms with Gasteiger partial charge in [-0.2, -0.15) is 4.80 Å². The lowest BCUT2D eigenvalue weighted by molar-refractivity contribution is 0.275. The molecule has 0 bridgehead atoms. The number of hydrogen-bond acceptors (Lipinski definition) is 6. The SMILES string of the molecule is COc1ccc(CN)cc1OCc1nnn(C)n1. The van der Waals surface area contributed by atoms with Crippen molar-refractivity contribution in [2.45, 2.75) is 13.2 Å². The van der Waals surface area contributed by atoms with Crippen LogP contribution in [0.3, 0.4) is 0 Å². The van der Waals surface area contributed by atoms with Gasteiger partial charge < -0.3 is 15.2 Å². The highest BCUT2D eigenvalue weighted by molar-refractivity contribution is 5.42. The summed E-state index contributed by atoms with van der Waals surface area (Å²) >= 11 is 0. The Bertz CT molecular complexity index is 526.